The van der Waals surface area contributed by atoms with Crippen LogP contribution in [0.15, 0.2) is 83.3 Å². The van der Waals surface area contributed by atoms with Crippen molar-refractivity contribution in [1.82, 2.24) is 25.0 Å². The zero-order chi connectivity index (χ0) is 22.3. The quantitative estimate of drug-likeness (QED) is 0.370. The summed E-state index contributed by atoms with van der Waals surface area (Å²) < 4.78 is 2.00. The number of thiophene rings is 1. The van der Waals surface area contributed by atoms with Crippen molar-refractivity contribution in [2.45, 2.75) is 11.2 Å². The van der Waals surface area contributed by atoms with E-state index in [0.717, 1.165) is 17.1 Å². The highest BCUT2D eigenvalue weighted by molar-refractivity contribution is 7.99. The molecule has 1 N–H and O–H groups in total. The van der Waals surface area contributed by atoms with Gasteiger partial charge >= 0.3 is 0 Å². The van der Waals surface area contributed by atoms with E-state index in [4.69, 9.17) is 0 Å². The summed E-state index contributed by atoms with van der Waals surface area (Å²) in [6.45, 7) is 0.563. The molecule has 32 heavy (non-hydrogen) atoms. The van der Waals surface area contributed by atoms with Crippen LogP contribution in [-0.2, 0) is 4.79 Å². The average molecular weight is 464 g/mol. The van der Waals surface area contributed by atoms with E-state index in [0.29, 0.717) is 11.7 Å². The molecule has 0 radical (unpaired) electrons. The first-order valence-electron chi connectivity index (χ1n) is 10.3. The van der Waals surface area contributed by atoms with Crippen molar-refractivity contribution in [3.8, 4) is 17.1 Å². The predicted octanol–water partition coefficient (Wildman–Crippen LogP) is 4.51. The summed E-state index contributed by atoms with van der Waals surface area (Å²) in [6, 6.07) is 24.2. The predicted molar refractivity (Wildman–Crippen MR) is 131 cm³/mol. The van der Waals surface area contributed by atoms with Gasteiger partial charge in [-0.25, -0.2) is 0 Å². The molecule has 0 saturated carbocycles. The second-order valence-electron chi connectivity index (χ2n) is 7.43. The van der Waals surface area contributed by atoms with E-state index in [1.54, 1.807) is 11.3 Å². The fourth-order valence-electron chi connectivity index (χ4n) is 3.36. The van der Waals surface area contributed by atoms with Crippen LogP contribution in [0.3, 0.4) is 0 Å². The lowest BCUT2D eigenvalue weighted by Crippen LogP contribution is -2.35. The molecule has 1 amide bonds. The fourth-order valence-corrected chi connectivity index (χ4v) is 5.06. The number of hydrogen-bond donors (Lipinski definition) is 1. The largest absolute Gasteiger partial charge is 0.353 e. The van der Waals surface area contributed by atoms with Gasteiger partial charge in [0.1, 0.15) is 0 Å². The van der Waals surface area contributed by atoms with Gasteiger partial charge in [0.2, 0.25) is 5.91 Å². The Morgan fingerprint density at radius 2 is 1.75 bits per heavy atom. The minimum absolute atomic E-state index is 0.0257. The zero-order valence-electron chi connectivity index (χ0n) is 18.0. The van der Waals surface area contributed by atoms with Crippen molar-refractivity contribution in [3.63, 3.8) is 0 Å². The minimum atomic E-state index is -0.0257. The topological polar surface area (TPSA) is 63.1 Å². The van der Waals surface area contributed by atoms with Gasteiger partial charge in [-0.1, -0.05) is 66.4 Å². The molecule has 1 atom stereocenters. The molecule has 2 heterocycles. The third-order valence-electron chi connectivity index (χ3n) is 5.00. The Morgan fingerprint density at radius 3 is 2.41 bits per heavy atom. The van der Waals surface area contributed by atoms with Crippen LogP contribution in [0.1, 0.15) is 10.9 Å². The van der Waals surface area contributed by atoms with Gasteiger partial charge in [0.15, 0.2) is 11.0 Å². The first-order chi connectivity index (χ1) is 15.6. The van der Waals surface area contributed by atoms with Gasteiger partial charge in [-0.3, -0.25) is 9.36 Å². The Bertz CT molecular complexity index is 1130. The van der Waals surface area contributed by atoms with Crippen LogP contribution in [-0.4, -0.2) is 52.0 Å². The van der Waals surface area contributed by atoms with Crippen LogP contribution in [0.4, 0.5) is 0 Å². The molecule has 1 unspecified atom stereocenters. The Morgan fingerprint density at radius 1 is 1.03 bits per heavy atom. The molecular weight excluding hydrogens is 438 g/mol. The summed E-state index contributed by atoms with van der Waals surface area (Å²) in [4.78, 5) is 16.0. The van der Waals surface area contributed by atoms with Crippen LogP contribution >= 0.6 is 23.1 Å². The Hall–Kier alpha value is -2.94. The second kappa shape index (κ2) is 10.6. The number of carbonyl (C=O) groups excluding carboxylic acids is 1. The van der Waals surface area contributed by atoms with Crippen LogP contribution in [0, 0.1) is 0 Å². The maximum atomic E-state index is 12.6. The number of para-hydroxylation sites is 1. The van der Waals surface area contributed by atoms with E-state index in [1.165, 1.54) is 16.6 Å². The molecule has 6 nitrogen and oxygen atoms in total. The highest BCUT2D eigenvalue weighted by Gasteiger charge is 2.19. The maximum Gasteiger partial charge on any atom is 0.230 e. The van der Waals surface area contributed by atoms with Gasteiger partial charge in [0.25, 0.3) is 0 Å². The highest BCUT2D eigenvalue weighted by Crippen LogP contribution is 2.28. The van der Waals surface area contributed by atoms with E-state index in [9.17, 15) is 4.79 Å². The van der Waals surface area contributed by atoms with Crippen molar-refractivity contribution < 1.29 is 4.79 Å². The molecule has 0 saturated heterocycles. The third kappa shape index (κ3) is 5.27. The molecule has 4 rings (SSSR count). The van der Waals surface area contributed by atoms with Crippen molar-refractivity contribution in [1.29, 1.82) is 0 Å². The van der Waals surface area contributed by atoms with Crippen molar-refractivity contribution >= 4 is 29.0 Å². The molecule has 0 spiro atoms. The smallest absolute Gasteiger partial charge is 0.230 e. The average Bonchev–Trinajstić information content (AvgIpc) is 3.49. The molecule has 2 aromatic carbocycles. The molecule has 2 aromatic heterocycles. The first-order valence-corrected chi connectivity index (χ1v) is 12.2. The number of nitrogens with one attached hydrogen (secondary N) is 1. The number of likely N-dealkylation sites (N-methyl/N-ethyl adjacent to an activating group) is 1. The molecule has 0 aliphatic carbocycles. The molecular formula is C24H25N5OS2. The normalized spacial score (nSPS) is 12.1. The molecule has 8 heteroatoms. The molecule has 4 aromatic rings. The van der Waals surface area contributed by atoms with Gasteiger partial charge < -0.3 is 10.2 Å². The standard InChI is InChI=1S/C24H25N5OS2/c1-28(2)20(21-14-9-15-31-21)16-25-22(30)17-32-24-27-26-23(18-10-5-3-6-11-18)29(24)19-12-7-4-8-13-19/h3-15,20H,16-17H2,1-2H3,(H,25,30). The third-order valence-corrected chi connectivity index (χ3v) is 6.90. The molecule has 0 aliphatic heterocycles. The van der Waals surface area contributed by atoms with Crippen LogP contribution < -0.4 is 5.32 Å². The lowest BCUT2D eigenvalue weighted by molar-refractivity contribution is -0.118. The van der Waals surface area contributed by atoms with Crippen molar-refractivity contribution in [3.05, 3.63) is 83.1 Å². The van der Waals surface area contributed by atoms with Crippen LogP contribution in [0.5, 0.6) is 0 Å². The summed E-state index contributed by atoms with van der Waals surface area (Å²) in [5.41, 5.74) is 1.94. The number of rotatable bonds is 9. The summed E-state index contributed by atoms with van der Waals surface area (Å²) in [5.74, 6) is 0.997. The number of nitrogens with zero attached hydrogens (tertiary/aromatic N) is 4. The molecule has 164 valence electrons. The number of hydrogen-bond acceptors (Lipinski definition) is 6. The van der Waals surface area contributed by atoms with Gasteiger partial charge in [0, 0.05) is 22.7 Å². The summed E-state index contributed by atoms with van der Waals surface area (Å²) in [5, 5.41) is 14.6. The zero-order valence-corrected chi connectivity index (χ0v) is 19.6. The monoisotopic (exact) mass is 463 g/mol. The lowest BCUT2D eigenvalue weighted by Gasteiger charge is -2.23. The summed E-state index contributed by atoms with van der Waals surface area (Å²) in [7, 11) is 4.05. The summed E-state index contributed by atoms with van der Waals surface area (Å²) in [6.07, 6.45) is 0. The van der Waals surface area contributed by atoms with E-state index in [-0.39, 0.29) is 17.7 Å². The molecule has 0 fully saturated rings. The van der Waals surface area contributed by atoms with Gasteiger partial charge in [-0.2, -0.15) is 0 Å². The number of carbonyl (C=O) groups is 1. The summed E-state index contributed by atoms with van der Waals surface area (Å²) >= 11 is 3.09. The maximum absolute atomic E-state index is 12.6. The number of aromatic nitrogens is 3. The van der Waals surface area contributed by atoms with Gasteiger partial charge in [-0.15, -0.1) is 21.5 Å². The highest BCUT2D eigenvalue weighted by atomic mass is 32.2. The van der Waals surface area contributed by atoms with E-state index < -0.39 is 0 Å². The van der Waals surface area contributed by atoms with Crippen LogP contribution in [0.25, 0.3) is 17.1 Å². The second-order valence-corrected chi connectivity index (χ2v) is 9.35. The minimum Gasteiger partial charge on any atom is -0.353 e. The van der Waals surface area contributed by atoms with E-state index in [2.05, 4.69) is 31.9 Å². The van der Waals surface area contributed by atoms with E-state index in [1.807, 2.05) is 85.4 Å². The first kappa shape index (κ1) is 22.3. The number of thioether (sulfide) groups is 1. The van der Waals surface area contributed by atoms with Gasteiger partial charge in [0.05, 0.1) is 11.8 Å². The van der Waals surface area contributed by atoms with Crippen molar-refractivity contribution in [2.75, 3.05) is 26.4 Å². The Labute approximate surface area is 196 Å². The molecule has 0 aliphatic rings. The molecule has 0 bridgehead atoms. The Kier molecular flexibility index (Phi) is 7.36. The van der Waals surface area contributed by atoms with Crippen LogP contribution in [0.2, 0.25) is 0 Å². The van der Waals surface area contributed by atoms with Crippen molar-refractivity contribution in [2.24, 2.45) is 0 Å². The fraction of sp³-hybridized carbons (Fsp3) is 0.208. The van der Waals surface area contributed by atoms with Gasteiger partial charge in [-0.05, 0) is 37.7 Å². The SMILES string of the molecule is CN(C)C(CNC(=O)CSc1nnc(-c2ccccc2)n1-c1ccccc1)c1cccs1. The number of benzene rings is 2. The Balaban J connectivity index is 1.47. The number of amides is 1. The lowest BCUT2D eigenvalue weighted by atomic mass is 10.2. The van der Waals surface area contributed by atoms with E-state index >= 15 is 0 Å².